The molecule has 0 spiro atoms. The van der Waals surface area contributed by atoms with Crippen molar-refractivity contribution in [2.45, 2.75) is 6.10 Å². The standard InChI is InChI=1S/C7H12O2/c1-3-5-9-7(4-2)6-8/h3-4,7-8H,1-2,5-6H2. The molecule has 0 aliphatic carbocycles. The fourth-order valence-corrected chi connectivity index (χ4v) is 0.387. The number of hydrogen-bond donors (Lipinski definition) is 1. The molecule has 0 aliphatic rings. The first kappa shape index (κ1) is 8.40. The molecular weight excluding hydrogens is 116 g/mol. The summed E-state index contributed by atoms with van der Waals surface area (Å²) in [6, 6.07) is 0. The molecule has 0 radical (unpaired) electrons. The molecule has 0 aromatic heterocycles. The van der Waals surface area contributed by atoms with Crippen molar-refractivity contribution in [2.24, 2.45) is 0 Å². The number of aliphatic hydroxyl groups is 1. The van der Waals surface area contributed by atoms with Gasteiger partial charge in [0.05, 0.1) is 19.3 Å². The van der Waals surface area contributed by atoms with Crippen molar-refractivity contribution < 1.29 is 9.84 Å². The fourth-order valence-electron chi connectivity index (χ4n) is 0.387. The van der Waals surface area contributed by atoms with Gasteiger partial charge in [-0.25, -0.2) is 0 Å². The highest BCUT2D eigenvalue weighted by Crippen LogP contribution is 1.90. The summed E-state index contributed by atoms with van der Waals surface area (Å²) < 4.78 is 5.00. The first-order chi connectivity index (χ1) is 4.35. The Morgan fingerprint density at radius 1 is 1.56 bits per heavy atom. The third-order valence-corrected chi connectivity index (χ3v) is 0.871. The van der Waals surface area contributed by atoms with Crippen molar-refractivity contribution in [3.63, 3.8) is 0 Å². The smallest absolute Gasteiger partial charge is 0.0988 e. The van der Waals surface area contributed by atoms with Crippen LogP contribution in [0.1, 0.15) is 0 Å². The van der Waals surface area contributed by atoms with Crippen LogP contribution in [0.2, 0.25) is 0 Å². The zero-order valence-electron chi connectivity index (χ0n) is 5.42. The molecule has 2 heteroatoms. The van der Waals surface area contributed by atoms with Gasteiger partial charge < -0.3 is 9.84 Å². The molecule has 0 bridgehead atoms. The Morgan fingerprint density at radius 2 is 2.22 bits per heavy atom. The van der Waals surface area contributed by atoms with Crippen molar-refractivity contribution in [3.05, 3.63) is 25.3 Å². The highest BCUT2D eigenvalue weighted by molar-refractivity contribution is 4.80. The largest absolute Gasteiger partial charge is 0.393 e. The molecule has 1 N–H and O–H groups in total. The van der Waals surface area contributed by atoms with Crippen molar-refractivity contribution >= 4 is 0 Å². The van der Waals surface area contributed by atoms with Gasteiger partial charge in [0, 0.05) is 0 Å². The maximum absolute atomic E-state index is 8.52. The first-order valence-electron chi connectivity index (χ1n) is 2.81. The van der Waals surface area contributed by atoms with Gasteiger partial charge in [-0.1, -0.05) is 12.2 Å². The van der Waals surface area contributed by atoms with E-state index in [2.05, 4.69) is 13.2 Å². The first-order valence-corrected chi connectivity index (χ1v) is 2.81. The summed E-state index contributed by atoms with van der Waals surface area (Å²) in [5, 5.41) is 8.52. The molecule has 0 heterocycles. The van der Waals surface area contributed by atoms with Gasteiger partial charge in [-0.05, 0) is 0 Å². The van der Waals surface area contributed by atoms with Crippen LogP contribution in [0.25, 0.3) is 0 Å². The summed E-state index contributed by atoms with van der Waals surface area (Å²) in [5.74, 6) is 0. The highest BCUT2D eigenvalue weighted by Gasteiger charge is 1.97. The van der Waals surface area contributed by atoms with E-state index in [-0.39, 0.29) is 12.7 Å². The maximum Gasteiger partial charge on any atom is 0.0988 e. The number of rotatable bonds is 5. The summed E-state index contributed by atoms with van der Waals surface area (Å²) in [6.07, 6.45) is 2.94. The minimum atomic E-state index is -0.247. The maximum atomic E-state index is 8.52. The molecule has 0 aromatic rings. The normalized spacial score (nSPS) is 12.6. The molecule has 1 atom stereocenters. The molecule has 9 heavy (non-hydrogen) atoms. The van der Waals surface area contributed by atoms with E-state index in [1.54, 1.807) is 12.2 Å². The SMILES string of the molecule is C=CCOC(C=C)CO. The quantitative estimate of drug-likeness (QED) is 0.553. The van der Waals surface area contributed by atoms with Crippen LogP contribution in [0.5, 0.6) is 0 Å². The Balaban J connectivity index is 3.30. The Kier molecular flexibility index (Phi) is 5.17. The lowest BCUT2D eigenvalue weighted by Gasteiger charge is -2.07. The predicted octanol–water partition coefficient (Wildman–Crippen LogP) is 0.736. The monoisotopic (exact) mass is 128 g/mol. The molecule has 2 nitrogen and oxygen atoms in total. The average Bonchev–Trinajstić information content (AvgIpc) is 1.91. The van der Waals surface area contributed by atoms with E-state index in [9.17, 15) is 0 Å². The molecule has 0 aliphatic heterocycles. The summed E-state index contributed by atoms with van der Waals surface area (Å²) in [4.78, 5) is 0. The van der Waals surface area contributed by atoms with Crippen molar-refractivity contribution in [3.8, 4) is 0 Å². The van der Waals surface area contributed by atoms with Crippen molar-refractivity contribution in [1.82, 2.24) is 0 Å². The molecule has 0 saturated carbocycles. The fraction of sp³-hybridized carbons (Fsp3) is 0.429. The minimum absolute atomic E-state index is 0.0165. The Morgan fingerprint density at radius 3 is 2.56 bits per heavy atom. The zero-order valence-corrected chi connectivity index (χ0v) is 5.42. The molecule has 0 aromatic carbocycles. The van der Waals surface area contributed by atoms with Gasteiger partial charge in [0.2, 0.25) is 0 Å². The lowest BCUT2D eigenvalue weighted by molar-refractivity contribution is 0.0602. The molecule has 1 unspecified atom stereocenters. The Hall–Kier alpha value is -0.600. The average molecular weight is 128 g/mol. The molecule has 0 rings (SSSR count). The van der Waals surface area contributed by atoms with Crippen LogP contribution < -0.4 is 0 Å². The number of aliphatic hydroxyl groups excluding tert-OH is 1. The van der Waals surface area contributed by atoms with Crippen LogP contribution in [-0.4, -0.2) is 24.4 Å². The van der Waals surface area contributed by atoms with Gasteiger partial charge in [-0.3, -0.25) is 0 Å². The summed E-state index contributed by atoms with van der Waals surface area (Å²) in [7, 11) is 0. The van der Waals surface area contributed by atoms with E-state index in [4.69, 9.17) is 9.84 Å². The van der Waals surface area contributed by atoms with Gasteiger partial charge in [0.1, 0.15) is 0 Å². The third-order valence-electron chi connectivity index (χ3n) is 0.871. The van der Waals surface area contributed by atoms with E-state index in [1.165, 1.54) is 0 Å². The third kappa shape index (κ3) is 3.94. The Bertz CT molecular complexity index is 88.9. The molecular formula is C7H12O2. The van der Waals surface area contributed by atoms with Crippen LogP contribution in [0.4, 0.5) is 0 Å². The molecule has 52 valence electrons. The van der Waals surface area contributed by atoms with Crippen LogP contribution in [-0.2, 0) is 4.74 Å². The number of ether oxygens (including phenoxy) is 1. The van der Waals surface area contributed by atoms with Crippen LogP contribution in [0.3, 0.4) is 0 Å². The van der Waals surface area contributed by atoms with Gasteiger partial charge >= 0.3 is 0 Å². The van der Waals surface area contributed by atoms with E-state index < -0.39 is 0 Å². The van der Waals surface area contributed by atoms with Crippen LogP contribution in [0.15, 0.2) is 25.3 Å². The van der Waals surface area contributed by atoms with E-state index >= 15 is 0 Å². The predicted molar refractivity (Wildman–Crippen MR) is 37.2 cm³/mol. The van der Waals surface area contributed by atoms with Gasteiger partial charge in [-0.2, -0.15) is 0 Å². The van der Waals surface area contributed by atoms with Crippen molar-refractivity contribution in [1.29, 1.82) is 0 Å². The second-order valence-electron chi connectivity index (χ2n) is 1.58. The zero-order chi connectivity index (χ0) is 7.11. The second-order valence-corrected chi connectivity index (χ2v) is 1.58. The molecule has 0 saturated heterocycles. The molecule has 0 amide bonds. The van der Waals surface area contributed by atoms with Gasteiger partial charge in [0.15, 0.2) is 0 Å². The topological polar surface area (TPSA) is 29.5 Å². The summed E-state index contributed by atoms with van der Waals surface area (Å²) in [5.41, 5.74) is 0. The minimum Gasteiger partial charge on any atom is -0.393 e. The van der Waals surface area contributed by atoms with Crippen molar-refractivity contribution in [2.75, 3.05) is 13.2 Å². The van der Waals surface area contributed by atoms with Crippen LogP contribution >= 0.6 is 0 Å². The van der Waals surface area contributed by atoms with Gasteiger partial charge in [-0.15, -0.1) is 13.2 Å². The van der Waals surface area contributed by atoms with E-state index in [1.807, 2.05) is 0 Å². The number of hydrogen-bond acceptors (Lipinski definition) is 2. The van der Waals surface area contributed by atoms with Crippen LogP contribution in [0, 0.1) is 0 Å². The van der Waals surface area contributed by atoms with E-state index in [0.29, 0.717) is 6.61 Å². The van der Waals surface area contributed by atoms with E-state index in [0.717, 1.165) is 0 Å². The molecule has 0 fully saturated rings. The second kappa shape index (κ2) is 5.54. The highest BCUT2D eigenvalue weighted by atomic mass is 16.5. The Labute approximate surface area is 55.5 Å². The lowest BCUT2D eigenvalue weighted by Crippen LogP contribution is -2.13. The van der Waals surface area contributed by atoms with Gasteiger partial charge in [0.25, 0.3) is 0 Å². The summed E-state index contributed by atoms with van der Waals surface area (Å²) >= 11 is 0. The summed E-state index contributed by atoms with van der Waals surface area (Å²) in [6.45, 7) is 7.36. The lowest BCUT2D eigenvalue weighted by atomic mass is 10.4.